The number of thioether (sulfide) groups is 1. The van der Waals surface area contributed by atoms with E-state index in [4.69, 9.17) is 4.42 Å². The number of amides is 1. The monoisotopic (exact) mass is 297 g/mol. The summed E-state index contributed by atoms with van der Waals surface area (Å²) in [5, 5.41) is 9.62. The highest BCUT2D eigenvalue weighted by molar-refractivity contribution is 7.97. The zero-order valence-electron chi connectivity index (χ0n) is 12.2. The van der Waals surface area contributed by atoms with Crippen LogP contribution in [0, 0.1) is 5.41 Å². The first-order valence-electron chi connectivity index (χ1n) is 7.12. The van der Waals surface area contributed by atoms with Crippen molar-refractivity contribution in [3.63, 3.8) is 0 Å². The topological polar surface area (TPSA) is 53.7 Å². The summed E-state index contributed by atoms with van der Waals surface area (Å²) in [5.74, 6) is 1.98. The Labute approximate surface area is 124 Å². The van der Waals surface area contributed by atoms with Crippen LogP contribution in [0.3, 0.4) is 0 Å². The highest BCUT2D eigenvalue weighted by Gasteiger charge is 2.36. The Kier molecular flexibility index (Phi) is 5.16. The number of carbonyl (C=O) groups excluding carboxylic acids is 1. The van der Waals surface area contributed by atoms with Crippen LogP contribution >= 0.6 is 11.8 Å². The van der Waals surface area contributed by atoms with E-state index < -0.39 is 0 Å². The van der Waals surface area contributed by atoms with Crippen molar-refractivity contribution in [1.29, 1.82) is 0 Å². The summed E-state index contributed by atoms with van der Waals surface area (Å²) in [6.07, 6.45) is 4.83. The molecule has 0 spiro atoms. The first-order valence-corrected chi connectivity index (χ1v) is 8.51. The third-order valence-corrected chi connectivity index (χ3v) is 4.77. The summed E-state index contributed by atoms with van der Waals surface area (Å²) < 4.78 is 5.60. The Morgan fingerprint density at radius 2 is 2.35 bits per heavy atom. The van der Waals surface area contributed by atoms with Gasteiger partial charge in [-0.25, -0.2) is 0 Å². The average molecular weight is 297 g/mol. The number of aliphatic hydroxyl groups is 1. The first-order chi connectivity index (χ1) is 9.64. The van der Waals surface area contributed by atoms with Crippen molar-refractivity contribution in [1.82, 2.24) is 4.90 Å². The lowest BCUT2D eigenvalue weighted by molar-refractivity contribution is 0.0232. The number of carbonyl (C=O) groups is 1. The molecule has 0 aliphatic carbocycles. The van der Waals surface area contributed by atoms with Gasteiger partial charge in [-0.2, -0.15) is 11.8 Å². The quantitative estimate of drug-likeness (QED) is 0.908. The molecule has 1 unspecified atom stereocenters. The number of nitrogens with zero attached hydrogens (tertiary/aromatic N) is 1. The molecule has 1 fully saturated rings. The lowest BCUT2D eigenvalue weighted by atomic mass is 9.78. The van der Waals surface area contributed by atoms with Gasteiger partial charge in [-0.1, -0.05) is 6.92 Å². The van der Waals surface area contributed by atoms with Crippen molar-refractivity contribution in [3.05, 3.63) is 23.7 Å². The summed E-state index contributed by atoms with van der Waals surface area (Å²) in [7, 11) is 0. The second-order valence-electron chi connectivity index (χ2n) is 5.54. The Morgan fingerprint density at radius 3 is 3.00 bits per heavy atom. The number of hydrogen-bond acceptors (Lipinski definition) is 4. The number of rotatable bonds is 5. The number of hydrogen-bond donors (Lipinski definition) is 1. The van der Waals surface area contributed by atoms with E-state index in [1.54, 1.807) is 17.8 Å². The Hall–Kier alpha value is -0.940. The lowest BCUT2D eigenvalue weighted by Crippen LogP contribution is -2.47. The summed E-state index contributed by atoms with van der Waals surface area (Å²) in [6.45, 7) is 3.59. The van der Waals surface area contributed by atoms with E-state index in [1.165, 1.54) is 0 Å². The average Bonchev–Trinajstić information content (AvgIpc) is 2.95. The Bertz CT molecular complexity index is 454. The molecule has 1 aliphatic rings. The summed E-state index contributed by atoms with van der Waals surface area (Å²) in [4.78, 5) is 14.3. The minimum atomic E-state index is -0.136. The van der Waals surface area contributed by atoms with E-state index in [1.807, 2.05) is 17.2 Å². The predicted octanol–water partition coefficient (Wildman–Crippen LogP) is 2.77. The molecule has 0 saturated carbocycles. The van der Waals surface area contributed by atoms with Crippen molar-refractivity contribution in [2.24, 2.45) is 5.41 Å². The molecular formula is C15H23NO3S. The minimum Gasteiger partial charge on any atom is -0.455 e. The van der Waals surface area contributed by atoms with Crippen LogP contribution in [0.5, 0.6) is 0 Å². The highest BCUT2D eigenvalue weighted by atomic mass is 32.2. The van der Waals surface area contributed by atoms with E-state index >= 15 is 0 Å². The van der Waals surface area contributed by atoms with Crippen LogP contribution in [0.1, 0.15) is 42.5 Å². The maximum absolute atomic E-state index is 12.5. The fraction of sp³-hybridized carbons (Fsp3) is 0.667. The van der Waals surface area contributed by atoms with E-state index in [-0.39, 0.29) is 17.9 Å². The SMILES string of the molecule is CCC1(CO)CCCN(C(=O)c2ccc(CSC)o2)C1. The smallest absolute Gasteiger partial charge is 0.289 e. The maximum Gasteiger partial charge on any atom is 0.289 e. The summed E-state index contributed by atoms with van der Waals surface area (Å²) in [6, 6.07) is 3.63. The molecule has 1 amide bonds. The van der Waals surface area contributed by atoms with Crippen molar-refractivity contribution >= 4 is 17.7 Å². The minimum absolute atomic E-state index is 0.0525. The van der Waals surface area contributed by atoms with E-state index in [9.17, 15) is 9.90 Å². The van der Waals surface area contributed by atoms with E-state index in [0.29, 0.717) is 12.3 Å². The van der Waals surface area contributed by atoms with Crippen molar-refractivity contribution < 1.29 is 14.3 Å². The van der Waals surface area contributed by atoms with Gasteiger partial charge in [0, 0.05) is 18.5 Å². The molecule has 0 aromatic carbocycles. The van der Waals surface area contributed by atoms with Crippen LogP contribution in [-0.4, -0.2) is 41.9 Å². The molecule has 0 bridgehead atoms. The second-order valence-corrected chi connectivity index (χ2v) is 6.41. The van der Waals surface area contributed by atoms with Crippen LogP contribution in [0.2, 0.25) is 0 Å². The number of piperidine rings is 1. The predicted molar refractivity (Wildman–Crippen MR) is 80.9 cm³/mol. The molecule has 2 rings (SSSR count). The van der Waals surface area contributed by atoms with Gasteiger partial charge in [0.15, 0.2) is 5.76 Å². The van der Waals surface area contributed by atoms with Gasteiger partial charge in [0.2, 0.25) is 0 Å². The molecule has 1 aliphatic heterocycles. The molecule has 2 heterocycles. The van der Waals surface area contributed by atoms with Gasteiger partial charge in [0.05, 0.1) is 12.4 Å². The summed E-state index contributed by atoms with van der Waals surface area (Å²) in [5.41, 5.74) is -0.136. The van der Waals surface area contributed by atoms with Crippen molar-refractivity contribution in [3.8, 4) is 0 Å². The number of aliphatic hydroxyl groups excluding tert-OH is 1. The number of likely N-dealkylation sites (tertiary alicyclic amines) is 1. The molecule has 1 atom stereocenters. The molecule has 1 aromatic rings. The van der Waals surface area contributed by atoms with Crippen LogP contribution in [0.15, 0.2) is 16.5 Å². The van der Waals surface area contributed by atoms with Crippen molar-refractivity contribution in [2.45, 2.75) is 31.9 Å². The normalized spacial score (nSPS) is 23.1. The largest absolute Gasteiger partial charge is 0.455 e. The Morgan fingerprint density at radius 1 is 1.55 bits per heavy atom. The fourth-order valence-electron chi connectivity index (χ4n) is 2.78. The summed E-state index contributed by atoms with van der Waals surface area (Å²) >= 11 is 1.67. The van der Waals surface area contributed by atoms with Crippen LogP contribution in [0.25, 0.3) is 0 Å². The van der Waals surface area contributed by atoms with E-state index in [0.717, 1.165) is 37.3 Å². The maximum atomic E-state index is 12.5. The third-order valence-electron chi connectivity index (χ3n) is 4.19. The zero-order valence-corrected chi connectivity index (χ0v) is 13.0. The highest BCUT2D eigenvalue weighted by Crippen LogP contribution is 2.33. The third kappa shape index (κ3) is 3.20. The van der Waals surface area contributed by atoms with Gasteiger partial charge in [-0.15, -0.1) is 0 Å². The molecule has 1 N–H and O–H groups in total. The van der Waals surface area contributed by atoms with Crippen LogP contribution in [0.4, 0.5) is 0 Å². The Balaban J connectivity index is 2.07. The van der Waals surface area contributed by atoms with Gasteiger partial charge in [-0.05, 0) is 37.7 Å². The molecule has 1 saturated heterocycles. The van der Waals surface area contributed by atoms with Gasteiger partial charge in [-0.3, -0.25) is 4.79 Å². The van der Waals surface area contributed by atoms with Gasteiger partial charge < -0.3 is 14.4 Å². The molecular weight excluding hydrogens is 274 g/mol. The standard InChI is InChI=1S/C15H23NO3S/c1-3-15(11-17)7-4-8-16(10-15)14(18)13-6-5-12(19-13)9-20-2/h5-6,17H,3-4,7-11H2,1-2H3. The number of furan rings is 1. The molecule has 1 aromatic heterocycles. The fourth-order valence-corrected chi connectivity index (χ4v) is 3.22. The van der Waals surface area contributed by atoms with Crippen LogP contribution < -0.4 is 0 Å². The van der Waals surface area contributed by atoms with Crippen molar-refractivity contribution in [2.75, 3.05) is 26.0 Å². The van der Waals surface area contributed by atoms with Crippen LogP contribution in [-0.2, 0) is 5.75 Å². The van der Waals surface area contributed by atoms with Gasteiger partial charge in [0.1, 0.15) is 5.76 Å². The second kappa shape index (κ2) is 6.68. The zero-order chi connectivity index (χ0) is 14.6. The van der Waals surface area contributed by atoms with Gasteiger partial charge >= 0.3 is 0 Å². The molecule has 5 heteroatoms. The van der Waals surface area contributed by atoms with E-state index in [2.05, 4.69) is 6.92 Å². The molecule has 0 radical (unpaired) electrons. The van der Waals surface area contributed by atoms with Gasteiger partial charge in [0.25, 0.3) is 5.91 Å². The molecule has 20 heavy (non-hydrogen) atoms. The first kappa shape index (κ1) is 15.4. The molecule has 4 nitrogen and oxygen atoms in total. The lowest BCUT2D eigenvalue weighted by Gasteiger charge is -2.41. The molecule has 112 valence electrons.